The fraction of sp³-hybridized carbons (Fsp3) is 0.833. The number of hydrogen-bond donors (Lipinski definition) is 6. The van der Waals surface area contributed by atoms with Crippen LogP contribution in [0.25, 0.3) is 0 Å². The maximum Gasteiger partial charge on any atom is 0.351 e. The summed E-state index contributed by atoms with van der Waals surface area (Å²) in [4.78, 5) is 46.8. The number of aliphatic hydroxyl groups excluding tert-OH is 5. The van der Waals surface area contributed by atoms with Gasteiger partial charge in [-0.1, -0.05) is 0 Å². The Bertz CT molecular complexity index is 1110. The lowest BCUT2D eigenvalue weighted by Crippen LogP contribution is -2.36. The van der Waals surface area contributed by atoms with E-state index in [0.717, 1.165) is 43.8 Å². The highest BCUT2D eigenvalue weighted by atomic mass is 31.3. The van der Waals surface area contributed by atoms with E-state index in [9.17, 15) is 38.8 Å². The number of nitrogen functional groups attached to an aromatic ring is 1. The molecule has 0 saturated carbocycles. The lowest BCUT2D eigenvalue weighted by atomic mass is 10.1. The second kappa shape index (κ2) is 21.6. The van der Waals surface area contributed by atoms with E-state index in [1.165, 1.54) is 6.07 Å². The van der Waals surface area contributed by atoms with Crippen molar-refractivity contribution in [1.29, 1.82) is 0 Å². The predicted molar refractivity (Wildman–Crippen MR) is 165 cm³/mol. The second-order valence-electron chi connectivity index (χ2n) is 13.1. The van der Waals surface area contributed by atoms with Crippen LogP contribution in [0.1, 0.15) is 6.23 Å². The fourth-order valence-corrected chi connectivity index (χ4v) is 4.42. The van der Waals surface area contributed by atoms with Crippen LogP contribution in [0, 0.1) is 0 Å². The first-order valence-corrected chi connectivity index (χ1v) is 16.8. The third kappa shape index (κ3) is 26.1. The number of phosphoric ester groups is 1. The molecule has 1 aliphatic rings. The molecule has 23 heteroatoms. The van der Waals surface area contributed by atoms with E-state index in [0.29, 0.717) is 0 Å². The summed E-state index contributed by atoms with van der Waals surface area (Å²) >= 11 is 0. The van der Waals surface area contributed by atoms with Crippen molar-refractivity contribution in [2.75, 3.05) is 115 Å². The molecule has 282 valence electrons. The summed E-state index contributed by atoms with van der Waals surface area (Å²) in [5, 5.41) is 44.9. The van der Waals surface area contributed by atoms with Crippen molar-refractivity contribution in [1.82, 2.24) is 9.55 Å². The van der Waals surface area contributed by atoms with Crippen molar-refractivity contribution in [2.24, 2.45) is 0 Å². The molecule has 1 fully saturated rings. The highest BCUT2D eigenvalue weighted by molar-refractivity contribution is 7.58. The number of hydrogen-bond acceptors (Lipinski definition) is 16. The molecule has 2 heterocycles. The van der Waals surface area contributed by atoms with Crippen LogP contribution < -0.4 is 26.1 Å². The topological polar surface area (TPSA) is 325 Å². The zero-order valence-electron chi connectivity index (χ0n) is 28.5. The van der Waals surface area contributed by atoms with Gasteiger partial charge in [0.25, 0.3) is 7.82 Å². The Morgan fingerprint density at radius 1 is 0.872 bits per heavy atom. The summed E-state index contributed by atoms with van der Waals surface area (Å²) in [6.07, 6.45) is -5.19. The molecule has 0 spiro atoms. The highest BCUT2D eigenvalue weighted by Crippen LogP contribution is 2.50. The van der Waals surface area contributed by atoms with Gasteiger partial charge in [0, 0.05) is 6.20 Å². The monoisotopic (exact) mass is 730 g/mol. The molecule has 0 aliphatic carbocycles. The summed E-state index contributed by atoms with van der Waals surface area (Å²) in [6.45, 7) is 2.35. The SMILES string of the molecule is C[N+](C)(C)CCO.C[N+](C)(C)CCO.C[N+](C)(C)CCO.Nc1ccn([C@@H]2O[C@H](COP(=O)([O-])OP(=O)([O-])[O-])[C@@H](O)[C@H]2O)c(=O)n1.O. The molecule has 1 aromatic rings. The van der Waals surface area contributed by atoms with Gasteiger partial charge in [0.15, 0.2) is 6.23 Å². The molecule has 0 amide bonds. The number of likely N-dealkylation sites (N-methyl/N-ethyl adjacent to an activating group) is 3. The normalized spacial score (nSPS) is 21.0. The molecule has 0 bridgehead atoms. The Hall–Kier alpha value is -1.46. The average molecular weight is 731 g/mol. The lowest BCUT2D eigenvalue weighted by Gasteiger charge is -2.35. The van der Waals surface area contributed by atoms with E-state index in [4.69, 9.17) is 25.8 Å². The number of aromatic nitrogens is 2. The van der Waals surface area contributed by atoms with Gasteiger partial charge in [-0.15, -0.1) is 0 Å². The van der Waals surface area contributed by atoms with E-state index in [1.54, 1.807) is 0 Å². The molecule has 9 N–H and O–H groups in total. The van der Waals surface area contributed by atoms with Crippen molar-refractivity contribution in [3.8, 4) is 0 Å². The summed E-state index contributed by atoms with van der Waals surface area (Å²) in [5.41, 5.74) is 4.40. The number of nitrogens with two attached hydrogens (primary N) is 1. The van der Waals surface area contributed by atoms with Gasteiger partial charge in [-0.2, -0.15) is 4.98 Å². The molecule has 47 heavy (non-hydrogen) atoms. The fourth-order valence-electron chi connectivity index (χ4n) is 2.93. The molecular weight excluding hydrogens is 674 g/mol. The van der Waals surface area contributed by atoms with Gasteiger partial charge in [-0.3, -0.25) is 13.4 Å². The Morgan fingerprint density at radius 2 is 1.28 bits per heavy atom. The van der Waals surface area contributed by atoms with Crippen LogP contribution in [0.4, 0.5) is 5.82 Å². The molecule has 1 saturated heterocycles. The van der Waals surface area contributed by atoms with Crippen molar-refractivity contribution >= 4 is 21.5 Å². The first kappa shape index (κ1) is 49.9. The molecule has 5 atom stereocenters. The lowest BCUT2D eigenvalue weighted by molar-refractivity contribution is -0.870. The second-order valence-corrected chi connectivity index (χ2v) is 15.8. The third-order valence-corrected chi connectivity index (χ3v) is 7.44. The van der Waals surface area contributed by atoms with Gasteiger partial charge in [0.05, 0.1) is 97.7 Å². The van der Waals surface area contributed by atoms with Gasteiger partial charge in [0.1, 0.15) is 43.8 Å². The minimum absolute atomic E-state index is 0. The van der Waals surface area contributed by atoms with Crippen molar-refractivity contribution in [2.45, 2.75) is 24.5 Å². The molecule has 1 aromatic heterocycles. The standard InChI is InChI=1S/C9H15N3O11P2.3C5H14NO.H2O/c10-5-1-2-12(9(15)11-5)8-7(14)6(13)4(22-8)3-21-25(19,20)23-24(16,17)18;3*1-6(2,3)4-5-7;/h1-2,4,6-8,13-14H,3H2,(H,19,20)(H2,10,11,15)(H2,16,17,18);3*7H,4-5H2,1-3H3;1H2/q;3*+1;/p-3/t4-,6-,7-,8-;;;;/m1..../s1. The summed E-state index contributed by atoms with van der Waals surface area (Å²) < 4.78 is 37.3. The van der Waals surface area contributed by atoms with E-state index in [1.807, 2.05) is 0 Å². The Kier molecular flexibility index (Phi) is 22.9. The molecular formula is C24H56N6O15P2. The van der Waals surface area contributed by atoms with E-state index < -0.39 is 52.5 Å². The Labute approximate surface area is 275 Å². The van der Waals surface area contributed by atoms with Gasteiger partial charge in [-0.05, 0) is 6.07 Å². The Balaban J connectivity index is -0.000000718. The van der Waals surface area contributed by atoms with Gasteiger partial charge in [-0.25, -0.2) is 4.79 Å². The van der Waals surface area contributed by atoms with Crippen molar-refractivity contribution in [3.05, 3.63) is 22.7 Å². The summed E-state index contributed by atoms with van der Waals surface area (Å²) in [7, 11) is 7.07. The maximum absolute atomic E-state index is 11.7. The minimum atomic E-state index is -5.87. The quantitative estimate of drug-likeness (QED) is 0.0861. The smallest absolute Gasteiger partial charge is 0.351 e. The summed E-state index contributed by atoms with van der Waals surface area (Å²) in [6, 6.07) is 1.22. The van der Waals surface area contributed by atoms with Crippen molar-refractivity contribution < 1.29 is 81.8 Å². The summed E-state index contributed by atoms with van der Waals surface area (Å²) in [5.74, 6) is -0.0988. The number of aliphatic hydroxyl groups is 5. The number of quaternary nitrogens is 3. The average Bonchev–Trinajstić information content (AvgIpc) is 3.09. The van der Waals surface area contributed by atoms with Gasteiger partial charge >= 0.3 is 5.69 Å². The third-order valence-electron chi connectivity index (χ3n) is 5.37. The molecule has 0 aromatic carbocycles. The number of anilines is 1. The first-order chi connectivity index (χ1) is 20.6. The maximum atomic E-state index is 11.7. The van der Waals surface area contributed by atoms with Gasteiger partial charge in [0.2, 0.25) is 0 Å². The number of nitrogens with zero attached hydrogens (tertiary/aromatic N) is 5. The van der Waals surface area contributed by atoms with Crippen LogP contribution in [0.15, 0.2) is 17.1 Å². The van der Waals surface area contributed by atoms with Crippen LogP contribution in [0.3, 0.4) is 0 Å². The van der Waals surface area contributed by atoms with Crippen LogP contribution >= 0.6 is 15.6 Å². The molecule has 21 nitrogen and oxygen atoms in total. The molecule has 0 radical (unpaired) electrons. The Morgan fingerprint density at radius 3 is 1.57 bits per heavy atom. The van der Waals surface area contributed by atoms with Crippen LogP contribution in [-0.2, 0) is 22.7 Å². The van der Waals surface area contributed by atoms with Crippen LogP contribution in [0.2, 0.25) is 0 Å². The van der Waals surface area contributed by atoms with Crippen molar-refractivity contribution in [3.63, 3.8) is 0 Å². The van der Waals surface area contributed by atoms with E-state index >= 15 is 0 Å². The van der Waals surface area contributed by atoms with E-state index in [2.05, 4.69) is 77.2 Å². The zero-order chi connectivity index (χ0) is 36.7. The minimum Gasteiger partial charge on any atom is -0.790 e. The molecule has 1 unspecified atom stereocenters. The highest BCUT2D eigenvalue weighted by Gasteiger charge is 2.44. The predicted octanol–water partition coefficient (Wildman–Crippen LogP) is -6.00. The largest absolute Gasteiger partial charge is 0.790 e. The molecule has 2 rings (SSSR count). The first-order valence-electron chi connectivity index (χ1n) is 13.9. The van der Waals surface area contributed by atoms with Gasteiger partial charge < -0.3 is 78.7 Å². The zero-order valence-corrected chi connectivity index (χ0v) is 30.3. The molecule has 1 aliphatic heterocycles. The van der Waals surface area contributed by atoms with Crippen LogP contribution in [0.5, 0.6) is 0 Å². The number of rotatable bonds is 12. The van der Waals surface area contributed by atoms with Crippen LogP contribution in [-0.4, -0.2) is 182 Å². The number of phosphoric acid groups is 2. The number of ether oxygens (including phenoxy) is 1. The van der Waals surface area contributed by atoms with E-state index in [-0.39, 0.29) is 31.1 Å².